The maximum atomic E-state index is 11.9. The summed E-state index contributed by atoms with van der Waals surface area (Å²) in [4.78, 5) is 28.6. The van der Waals surface area contributed by atoms with Crippen LogP contribution in [0.2, 0.25) is 0 Å². The van der Waals surface area contributed by atoms with E-state index in [1.54, 1.807) is 6.92 Å². The first kappa shape index (κ1) is 16.7. The second-order valence-corrected chi connectivity index (χ2v) is 6.62. The van der Waals surface area contributed by atoms with Crippen LogP contribution in [0.3, 0.4) is 0 Å². The molecule has 24 heavy (non-hydrogen) atoms. The van der Waals surface area contributed by atoms with Crippen LogP contribution in [0.5, 0.6) is 0 Å². The van der Waals surface area contributed by atoms with Crippen LogP contribution >= 0.6 is 0 Å². The molecule has 6 heteroatoms. The molecule has 0 saturated carbocycles. The summed E-state index contributed by atoms with van der Waals surface area (Å²) < 4.78 is 1.21. The van der Waals surface area contributed by atoms with E-state index in [1.807, 2.05) is 31.2 Å². The van der Waals surface area contributed by atoms with Crippen LogP contribution in [-0.4, -0.2) is 39.2 Å². The normalized spacial score (nSPS) is 21.3. The molecule has 1 aromatic heterocycles. The molecular formula is C18H23N3O3. The highest BCUT2D eigenvalue weighted by atomic mass is 16.3. The third-order valence-electron chi connectivity index (χ3n) is 4.77. The number of nitrogens with one attached hydrogen (secondary N) is 1. The summed E-state index contributed by atoms with van der Waals surface area (Å²) in [6, 6.07) is 9.30. The van der Waals surface area contributed by atoms with Crippen molar-refractivity contribution >= 4 is 0 Å². The van der Waals surface area contributed by atoms with Crippen LogP contribution < -0.4 is 11.2 Å². The monoisotopic (exact) mass is 329 g/mol. The quantitative estimate of drug-likeness (QED) is 0.867. The Morgan fingerprint density at radius 1 is 1.21 bits per heavy atom. The van der Waals surface area contributed by atoms with Gasteiger partial charge >= 0.3 is 5.69 Å². The Balaban J connectivity index is 1.70. The third kappa shape index (κ3) is 3.20. The number of nitrogens with zero attached hydrogens (tertiary/aromatic N) is 2. The standard InChI is InChI=1S/C18H23N3O3/c1-13-5-3-4-6-15(13)18(24)7-8-20(12-18)9-10-21-16(22)11-14(2)19-17(21)23/h3-6,11,24H,7-10,12H2,1-2H3,(H,19,23). The summed E-state index contributed by atoms with van der Waals surface area (Å²) in [5.74, 6) is 0. The van der Waals surface area contributed by atoms with Gasteiger partial charge in [-0.1, -0.05) is 24.3 Å². The Labute approximate surface area is 140 Å². The number of likely N-dealkylation sites (tertiary alicyclic amines) is 1. The Morgan fingerprint density at radius 3 is 2.67 bits per heavy atom. The predicted octanol–water partition coefficient (Wildman–Crippen LogP) is 0.747. The number of aryl methyl sites for hydroxylation is 2. The number of benzene rings is 1. The van der Waals surface area contributed by atoms with Gasteiger partial charge in [0.15, 0.2) is 0 Å². The van der Waals surface area contributed by atoms with Gasteiger partial charge in [-0.05, 0) is 31.4 Å². The summed E-state index contributed by atoms with van der Waals surface area (Å²) in [6.45, 7) is 5.82. The van der Waals surface area contributed by atoms with Gasteiger partial charge < -0.3 is 10.1 Å². The Morgan fingerprint density at radius 2 is 1.96 bits per heavy atom. The average Bonchev–Trinajstić information content (AvgIpc) is 2.89. The molecule has 1 atom stereocenters. The lowest BCUT2D eigenvalue weighted by atomic mass is 9.89. The van der Waals surface area contributed by atoms with E-state index < -0.39 is 5.60 Å². The highest BCUT2D eigenvalue weighted by molar-refractivity contribution is 5.32. The molecule has 0 radical (unpaired) electrons. The number of hydrogen-bond acceptors (Lipinski definition) is 4. The van der Waals surface area contributed by atoms with Crippen molar-refractivity contribution in [2.24, 2.45) is 0 Å². The number of aliphatic hydroxyl groups is 1. The van der Waals surface area contributed by atoms with Gasteiger partial charge in [0.25, 0.3) is 5.56 Å². The molecule has 1 unspecified atom stereocenters. The highest BCUT2D eigenvalue weighted by Crippen LogP contribution is 2.33. The fraction of sp³-hybridized carbons (Fsp3) is 0.444. The molecule has 2 aromatic rings. The molecule has 1 aliphatic rings. The first-order valence-corrected chi connectivity index (χ1v) is 8.21. The van der Waals surface area contributed by atoms with E-state index in [9.17, 15) is 14.7 Å². The maximum Gasteiger partial charge on any atom is 0.328 e. The van der Waals surface area contributed by atoms with E-state index in [2.05, 4.69) is 9.88 Å². The van der Waals surface area contributed by atoms with Crippen LogP contribution in [0.25, 0.3) is 0 Å². The van der Waals surface area contributed by atoms with Gasteiger partial charge in [0, 0.05) is 37.9 Å². The van der Waals surface area contributed by atoms with Gasteiger partial charge in [-0.15, -0.1) is 0 Å². The minimum Gasteiger partial charge on any atom is -0.384 e. The summed E-state index contributed by atoms with van der Waals surface area (Å²) in [5, 5.41) is 11.0. The van der Waals surface area contributed by atoms with Crippen molar-refractivity contribution < 1.29 is 5.11 Å². The fourth-order valence-corrected chi connectivity index (χ4v) is 3.47. The lowest BCUT2D eigenvalue weighted by Crippen LogP contribution is -2.39. The highest BCUT2D eigenvalue weighted by Gasteiger charge is 2.38. The van der Waals surface area contributed by atoms with Crippen LogP contribution in [0.4, 0.5) is 0 Å². The van der Waals surface area contributed by atoms with Crippen LogP contribution in [0, 0.1) is 13.8 Å². The van der Waals surface area contributed by atoms with E-state index in [4.69, 9.17) is 0 Å². The molecule has 0 amide bonds. The zero-order valence-electron chi connectivity index (χ0n) is 14.1. The zero-order chi connectivity index (χ0) is 17.3. The molecule has 128 valence electrons. The smallest absolute Gasteiger partial charge is 0.328 e. The Hall–Kier alpha value is -2.18. The summed E-state index contributed by atoms with van der Waals surface area (Å²) in [5.41, 5.74) is 1.07. The van der Waals surface area contributed by atoms with Crippen LogP contribution in [-0.2, 0) is 12.1 Å². The average molecular weight is 329 g/mol. The third-order valence-corrected chi connectivity index (χ3v) is 4.77. The predicted molar refractivity (Wildman–Crippen MR) is 92.2 cm³/mol. The van der Waals surface area contributed by atoms with Crippen LogP contribution in [0.1, 0.15) is 23.2 Å². The van der Waals surface area contributed by atoms with Crippen molar-refractivity contribution in [1.29, 1.82) is 0 Å². The number of aromatic amines is 1. The zero-order valence-corrected chi connectivity index (χ0v) is 14.1. The minimum atomic E-state index is -0.865. The Bertz CT molecular complexity index is 824. The van der Waals surface area contributed by atoms with Crippen molar-refractivity contribution in [1.82, 2.24) is 14.5 Å². The van der Waals surface area contributed by atoms with Gasteiger partial charge in [0.1, 0.15) is 5.60 Å². The van der Waals surface area contributed by atoms with E-state index in [1.165, 1.54) is 10.6 Å². The number of hydrogen-bond donors (Lipinski definition) is 2. The van der Waals surface area contributed by atoms with Gasteiger partial charge in [0.2, 0.25) is 0 Å². The topological polar surface area (TPSA) is 78.3 Å². The van der Waals surface area contributed by atoms with Crippen molar-refractivity contribution in [2.45, 2.75) is 32.4 Å². The molecule has 3 rings (SSSR count). The SMILES string of the molecule is Cc1cc(=O)n(CCN2CCC(O)(c3ccccc3C)C2)c(=O)[nH]1. The van der Waals surface area contributed by atoms with Crippen molar-refractivity contribution in [3.63, 3.8) is 0 Å². The lowest BCUT2D eigenvalue weighted by molar-refractivity contribution is 0.0451. The molecule has 0 bridgehead atoms. The summed E-state index contributed by atoms with van der Waals surface area (Å²) in [6.07, 6.45) is 0.650. The lowest BCUT2D eigenvalue weighted by Gasteiger charge is -2.25. The van der Waals surface area contributed by atoms with Gasteiger partial charge in [-0.3, -0.25) is 14.3 Å². The molecule has 0 aliphatic carbocycles. The molecular weight excluding hydrogens is 306 g/mol. The first-order valence-electron chi connectivity index (χ1n) is 8.21. The molecule has 1 aliphatic heterocycles. The molecule has 1 saturated heterocycles. The largest absolute Gasteiger partial charge is 0.384 e. The molecule has 2 N–H and O–H groups in total. The fourth-order valence-electron chi connectivity index (χ4n) is 3.47. The number of H-pyrrole nitrogens is 1. The minimum absolute atomic E-state index is 0.287. The van der Waals surface area contributed by atoms with E-state index in [0.29, 0.717) is 31.7 Å². The molecule has 1 fully saturated rings. The Kier molecular flexibility index (Phi) is 4.43. The van der Waals surface area contributed by atoms with E-state index >= 15 is 0 Å². The summed E-state index contributed by atoms with van der Waals surface area (Å²) in [7, 11) is 0. The first-order chi connectivity index (χ1) is 11.4. The second-order valence-electron chi connectivity index (χ2n) is 6.62. The van der Waals surface area contributed by atoms with Crippen LogP contribution in [0.15, 0.2) is 39.9 Å². The molecule has 1 aromatic carbocycles. The van der Waals surface area contributed by atoms with Gasteiger partial charge in [0.05, 0.1) is 0 Å². The number of rotatable bonds is 4. The number of β-amino-alcohol motifs (C(OH)–C–C–N with tert-alkyl or cyclic N) is 1. The second kappa shape index (κ2) is 6.37. The van der Waals surface area contributed by atoms with Crippen molar-refractivity contribution in [2.75, 3.05) is 19.6 Å². The molecule has 6 nitrogen and oxygen atoms in total. The van der Waals surface area contributed by atoms with Gasteiger partial charge in [-0.2, -0.15) is 0 Å². The van der Waals surface area contributed by atoms with Crippen molar-refractivity contribution in [3.05, 3.63) is 68.0 Å². The molecule has 0 spiro atoms. The maximum absolute atomic E-state index is 11.9. The number of aromatic nitrogens is 2. The molecule has 2 heterocycles. The van der Waals surface area contributed by atoms with E-state index in [0.717, 1.165) is 17.7 Å². The van der Waals surface area contributed by atoms with E-state index in [-0.39, 0.29) is 11.2 Å². The summed E-state index contributed by atoms with van der Waals surface area (Å²) >= 11 is 0. The van der Waals surface area contributed by atoms with Crippen molar-refractivity contribution in [3.8, 4) is 0 Å². The van der Waals surface area contributed by atoms with Gasteiger partial charge in [-0.25, -0.2) is 4.79 Å².